The molecule has 3 nitrogen and oxygen atoms in total. The van der Waals surface area contributed by atoms with E-state index in [9.17, 15) is 13.2 Å². The molecule has 29 heavy (non-hydrogen) atoms. The maximum absolute atomic E-state index is 13.7. The number of ether oxygens (including phenoxy) is 1. The number of alkyl halides is 3. The molecule has 0 unspecified atom stereocenters. The molecule has 0 N–H and O–H groups in total. The van der Waals surface area contributed by atoms with E-state index >= 15 is 0 Å². The SMILES string of the molecule is COc1ccc([C@@H]2CC(c3ccccc3)=NN2c2ccccc2C(F)(F)F)cc1. The number of rotatable bonds is 4. The molecule has 1 aliphatic heterocycles. The van der Waals surface area contributed by atoms with Crippen LogP contribution >= 0.6 is 0 Å². The van der Waals surface area contributed by atoms with Gasteiger partial charge in [0.05, 0.1) is 30.1 Å². The highest BCUT2D eigenvalue weighted by molar-refractivity contribution is 6.03. The number of para-hydroxylation sites is 1. The van der Waals surface area contributed by atoms with Crippen LogP contribution in [0.3, 0.4) is 0 Å². The van der Waals surface area contributed by atoms with Crippen LogP contribution in [0.1, 0.15) is 29.2 Å². The summed E-state index contributed by atoms with van der Waals surface area (Å²) in [6, 6.07) is 22.1. The Balaban J connectivity index is 1.81. The van der Waals surface area contributed by atoms with Gasteiger partial charge in [0.1, 0.15) is 5.75 Å². The molecular weight excluding hydrogens is 377 g/mol. The molecule has 0 bridgehead atoms. The second kappa shape index (κ2) is 7.62. The zero-order valence-corrected chi connectivity index (χ0v) is 15.7. The number of hydrogen-bond donors (Lipinski definition) is 0. The molecule has 0 saturated carbocycles. The first-order valence-corrected chi connectivity index (χ1v) is 9.19. The van der Waals surface area contributed by atoms with Crippen molar-refractivity contribution in [3.63, 3.8) is 0 Å². The van der Waals surface area contributed by atoms with Gasteiger partial charge >= 0.3 is 6.18 Å². The minimum atomic E-state index is -4.47. The molecule has 1 atom stereocenters. The normalized spacial score (nSPS) is 16.6. The molecule has 0 radical (unpaired) electrons. The molecule has 148 valence electrons. The van der Waals surface area contributed by atoms with Crippen molar-refractivity contribution in [3.8, 4) is 5.75 Å². The average Bonchev–Trinajstić information content (AvgIpc) is 3.19. The van der Waals surface area contributed by atoms with E-state index < -0.39 is 11.7 Å². The van der Waals surface area contributed by atoms with Gasteiger partial charge in [-0.1, -0.05) is 54.6 Å². The van der Waals surface area contributed by atoms with Gasteiger partial charge < -0.3 is 4.74 Å². The molecule has 0 aromatic heterocycles. The highest BCUT2D eigenvalue weighted by Gasteiger charge is 2.38. The molecule has 0 fully saturated rings. The predicted octanol–water partition coefficient (Wildman–Crippen LogP) is 6.07. The summed E-state index contributed by atoms with van der Waals surface area (Å²) in [5.74, 6) is 0.693. The molecule has 4 rings (SSSR count). The van der Waals surface area contributed by atoms with Gasteiger partial charge in [-0.05, 0) is 35.4 Å². The quantitative estimate of drug-likeness (QED) is 0.535. The summed E-state index contributed by atoms with van der Waals surface area (Å²) in [6.07, 6.45) is -3.96. The molecule has 1 heterocycles. The van der Waals surface area contributed by atoms with Crippen LogP contribution in [0.25, 0.3) is 0 Å². The first-order valence-electron chi connectivity index (χ1n) is 9.19. The Morgan fingerprint density at radius 3 is 2.21 bits per heavy atom. The lowest BCUT2D eigenvalue weighted by atomic mass is 9.97. The van der Waals surface area contributed by atoms with E-state index in [1.165, 1.54) is 17.1 Å². The standard InChI is InChI=1S/C23H19F3N2O/c1-29-18-13-11-17(12-14-18)22-15-20(16-7-3-2-4-8-16)27-28(22)21-10-6-5-9-19(21)23(24,25)26/h2-14,22H,15H2,1H3/t22-/m0/s1. The number of methoxy groups -OCH3 is 1. The van der Waals surface area contributed by atoms with E-state index in [0.29, 0.717) is 12.2 Å². The van der Waals surface area contributed by atoms with Crippen LogP contribution in [0.4, 0.5) is 18.9 Å². The summed E-state index contributed by atoms with van der Waals surface area (Å²) in [5, 5.41) is 6.11. The van der Waals surface area contributed by atoms with E-state index in [2.05, 4.69) is 5.10 Å². The zero-order chi connectivity index (χ0) is 20.4. The Morgan fingerprint density at radius 2 is 1.55 bits per heavy atom. The average molecular weight is 396 g/mol. The van der Waals surface area contributed by atoms with Crippen LogP contribution in [0.5, 0.6) is 5.75 Å². The predicted molar refractivity (Wildman–Crippen MR) is 107 cm³/mol. The maximum Gasteiger partial charge on any atom is 0.418 e. The third kappa shape index (κ3) is 3.83. The van der Waals surface area contributed by atoms with Crippen molar-refractivity contribution in [3.05, 3.63) is 95.6 Å². The molecule has 6 heteroatoms. The molecular formula is C23H19F3N2O. The van der Waals surface area contributed by atoms with Crippen LogP contribution in [-0.2, 0) is 6.18 Å². The van der Waals surface area contributed by atoms with Gasteiger partial charge in [0, 0.05) is 6.42 Å². The topological polar surface area (TPSA) is 24.8 Å². The first-order chi connectivity index (χ1) is 14.0. The second-order valence-electron chi connectivity index (χ2n) is 6.77. The lowest BCUT2D eigenvalue weighted by molar-refractivity contribution is -0.137. The maximum atomic E-state index is 13.7. The fourth-order valence-corrected chi connectivity index (χ4v) is 3.54. The summed E-state index contributed by atoms with van der Waals surface area (Å²) < 4.78 is 46.2. The van der Waals surface area contributed by atoms with Gasteiger partial charge in [0.15, 0.2) is 0 Å². The minimum absolute atomic E-state index is 0.0479. The van der Waals surface area contributed by atoms with Crippen molar-refractivity contribution < 1.29 is 17.9 Å². The molecule has 3 aromatic carbocycles. The summed E-state index contributed by atoms with van der Waals surface area (Å²) in [7, 11) is 1.58. The Bertz CT molecular complexity index is 1010. The third-order valence-corrected chi connectivity index (χ3v) is 4.97. The van der Waals surface area contributed by atoms with Crippen molar-refractivity contribution in [1.29, 1.82) is 0 Å². The van der Waals surface area contributed by atoms with Crippen molar-refractivity contribution in [1.82, 2.24) is 0 Å². The summed E-state index contributed by atoms with van der Waals surface area (Å²) >= 11 is 0. The molecule has 0 aliphatic carbocycles. The lowest BCUT2D eigenvalue weighted by Crippen LogP contribution is -2.22. The summed E-state index contributed by atoms with van der Waals surface area (Å²) in [4.78, 5) is 0. The molecule has 3 aromatic rings. The van der Waals surface area contributed by atoms with Crippen molar-refractivity contribution in [2.45, 2.75) is 18.6 Å². The van der Waals surface area contributed by atoms with E-state index in [-0.39, 0.29) is 11.7 Å². The number of anilines is 1. The zero-order valence-electron chi connectivity index (χ0n) is 15.7. The van der Waals surface area contributed by atoms with E-state index in [1.807, 2.05) is 54.6 Å². The largest absolute Gasteiger partial charge is 0.497 e. The van der Waals surface area contributed by atoms with Gasteiger partial charge in [-0.2, -0.15) is 18.3 Å². The van der Waals surface area contributed by atoms with Gasteiger partial charge in [-0.3, -0.25) is 5.01 Å². The molecule has 0 saturated heterocycles. The number of halogens is 3. The Labute approximate surface area is 167 Å². The molecule has 0 spiro atoms. The number of hydrazone groups is 1. The van der Waals surface area contributed by atoms with Gasteiger partial charge in [0.25, 0.3) is 0 Å². The molecule has 1 aliphatic rings. The van der Waals surface area contributed by atoms with Crippen molar-refractivity contribution in [2.75, 3.05) is 12.1 Å². The van der Waals surface area contributed by atoms with E-state index in [1.54, 1.807) is 13.2 Å². The monoisotopic (exact) mass is 396 g/mol. The number of benzene rings is 3. The Morgan fingerprint density at radius 1 is 0.897 bits per heavy atom. The lowest BCUT2D eigenvalue weighted by Gasteiger charge is -2.26. The van der Waals surface area contributed by atoms with Gasteiger partial charge in [-0.15, -0.1) is 0 Å². The van der Waals surface area contributed by atoms with Crippen LogP contribution in [0.2, 0.25) is 0 Å². The van der Waals surface area contributed by atoms with Crippen LogP contribution in [0.15, 0.2) is 84.0 Å². The van der Waals surface area contributed by atoms with Gasteiger partial charge in [0.2, 0.25) is 0 Å². The fraction of sp³-hybridized carbons (Fsp3) is 0.174. The van der Waals surface area contributed by atoms with Crippen LogP contribution < -0.4 is 9.75 Å². The summed E-state index contributed by atoms with van der Waals surface area (Å²) in [6.45, 7) is 0. The highest BCUT2D eigenvalue weighted by atomic mass is 19.4. The Kier molecular flexibility index (Phi) is 5.01. The van der Waals surface area contributed by atoms with Gasteiger partial charge in [-0.25, -0.2) is 0 Å². The second-order valence-corrected chi connectivity index (χ2v) is 6.77. The third-order valence-electron chi connectivity index (χ3n) is 4.97. The summed E-state index contributed by atoms with van der Waals surface area (Å²) in [5.41, 5.74) is 1.88. The van der Waals surface area contributed by atoms with E-state index in [4.69, 9.17) is 4.74 Å². The number of hydrogen-bond acceptors (Lipinski definition) is 3. The van der Waals surface area contributed by atoms with Crippen molar-refractivity contribution >= 4 is 11.4 Å². The first kappa shape index (κ1) is 19.1. The van der Waals surface area contributed by atoms with E-state index in [0.717, 1.165) is 22.9 Å². The Hall–Kier alpha value is -3.28. The van der Waals surface area contributed by atoms with Crippen LogP contribution in [0, 0.1) is 0 Å². The molecule has 0 amide bonds. The minimum Gasteiger partial charge on any atom is -0.497 e. The number of nitrogens with zero attached hydrogens (tertiary/aromatic N) is 2. The smallest absolute Gasteiger partial charge is 0.418 e. The fourth-order valence-electron chi connectivity index (χ4n) is 3.54. The highest BCUT2D eigenvalue weighted by Crippen LogP contribution is 2.43. The van der Waals surface area contributed by atoms with Crippen molar-refractivity contribution in [2.24, 2.45) is 5.10 Å². The van der Waals surface area contributed by atoms with Crippen LogP contribution in [-0.4, -0.2) is 12.8 Å².